The highest BCUT2D eigenvalue weighted by Crippen LogP contribution is 2.41. The average Bonchev–Trinajstić information content (AvgIpc) is 3.32. The number of methoxy groups -OCH3 is 4. The zero-order chi connectivity index (χ0) is 43.0. The molecule has 8 heteroatoms. The molecule has 0 aliphatic carbocycles. The third-order valence-corrected chi connectivity index (χ3v) is 10.5. The van der Waals surface area contributed by atoms with E-state index >= 15 is 0 Å². The Balaban J connectivity index is 1.15. The second-order valence-electron chi connectivity index (χ2n) is 14.2. The summed E-state index contributed by atoms with van der Waals surface area (Å²) in [5.41, 5.74) is 6.53. The summed E-state index contributed by atoms with van der Waals surface area (Å²) in [4.78, 5) is 25.9. The second-order valence-corrected chi connectivity index (χ2v) is 14.2. The van der Waals surface area contributed by atoms with E-state index in [2.05, 4.69) is 72.8 Å². The summed E-state index contributed by atoms with van der Waals surface area (Å²) < 4.78 is 33.4. The molecule has 0 N–H and O–H groups in total. The van der Waals surface area contributed by atoms with Gasteiger partial charge in [0, 0.05) is 23.3 Å². The molecule has 8 nitrogen and oxygen atoms in total. The molecule has 0 aliphatic heterocycles. The van der Waals surface area contributed by atoms with Crippen molar-refractivity contribution in [1.29, 1.82) is 0 Å². The monoisotopic (exact) mass is 818 g/mol. The van der Waals surface area contributed by atoms with E-state index in [1.807, 2.05) is 36.4 Å². The van der Waals surface area contributed by atoms with Crippen LogP contribution in [0.15, 0.2) is 158 Å². The fraction of sp³-hybridized carbons (Fsp3) is 0.0741. The molecule has 8 aromatic rings. The zero-order valence-corrected chi connectivity index (χ0v) is 34.6. The standard InChI is InChI=1S/C54H42O8/c1-57-43-27-23-41(24-28-43)53(55)61-45-31-21-37(49(33-45)59-3)15-19-39-17-13-35-9-5-7-11-47(35)51(39)52-40(18-14-36-10-6-8-12-48(36)52)20-16-38-22-32-46(34-50(38)60-4)62-54(56)42-25-29-44(58-2)30-26-42/h5-34H,1-4H3/b19-15-,20-16-. The van der Waals surface area contributed by atoms with Gasteiger partial charge in [-0.15, -0.1) is 0 Å². The minimum Gasteiger partial charge on any atom is -0.497 e. The van der Waals surface area contributed by atoms with Gasteiger partial charge in [0.15, 0.2) is 0 Å². The van der Waals surface area contributed by atoms with Crippen LogP contribution >= 0.6 is 0 Å². The molecule has 0 unspecified atom stereocenters. The van der Waals surface area contributed by atoms with Gasteiger partial charge in [-0.1, -0.05) is 97.1 Å². The van der Waals surface area contributed by atoms with Crippen LogP contribution in [0.4, 0.5) is 0 Å². The molecular weight excluding hydrogens is 777 g/mol. The van der Waals surface area contributed by atoms with Gasteiger partial charge in [-0.25, -0.2) is 9.59 Å². The molecule has 0 atom stereocenters. The number of benzene rings is 8. The van der Waals surface area contributed by atoms with Crippen molar-refractivity contribution in [3.63, 3.8) is 0 Å². The number of hydrogen-bond acceptors (Lipinski definition) is 8. The van der Waals surface area contributed by atoms with Crippen LogP contribution in [0.3, 0.4) is 0 Å². The predicted octanol–water partition coefficient (Wildman–Crippen LogP) is 12.5. The van der Waals surface area contributed by atoms with E-state index in [0.717, 1.165) is 54.9 Å². The number of ether oxygens (including phenoxy) is 6. The summed E-state index contributed by atoms with van der Waals surface area (Å²) in [6.07, 6.45) is 8.20. The number of fused-ring (bicyclic) bond motifs is 2. The summed E-state index contributed by atoms with van der Waals surface area (Å²) in [5, 5.41) is 4.39. The van der Waals surface area contributed by atoms with Gasteiger partial charge in [0.25, 0.3) is 0 Å². The van der Waals surface area contributed by atoms with Gasteiger partial charge in [-0.2, -0.15) is 0 Å². The number of hydrogen-bond donors (Lipinski definition) is 0. The maximum atomic E-state index is 12.9. The normalized spacial score (nSPS) is 11.2. The molecule has 0 saturated heterocycles. The lowest BCUT2D eigenvalue weighted by atomic mass is 9.86. The van der Waals surface area contributed by atoms with Crippen molar-refractivity contribution in [3.05, 3.63) is 191 Å². The van der Waals surface area contributed by atoms with Crippen LogP contribution in [-0.4, -0.2) is 40.4 Å². The van der Waals surface area contributed by atoms with Crippen molar-refractivity contribution < 1.29 is 38.0 Å². The van der Waals surface area contributed by atoms with Gasteiger partial charge in [0.05, 0.1) is 39.6 Å². The number of carbonyl (C=O) groups excluding carboxylic acids is 2. The molecule has 0 fully saturated rings. The molecule has 0 bridgehead atoms. The number of rotatable bonds is 13. The average molecular weight is 819 g/mol. The zero-order valence-electron chi connectivity index (χ0n) is 34.6. The fourth-order valence-corrected chi connectivity index (χ4v) is 7.34. The van der Waals surface area contributed by atoms with Crippen LogP contribution in [0.25, 0.3) is 57.0 Å². The van der Waals surface area contributed by atoms with E-state index in [9.17, 15) is 9.59 Å². The molecule has 0 radical (unpaired) electrons. The van der Waals surface area contributed by atoms with Gasteiger partial charge in [0.1, 0.15) is 34.5 Å². The summed E-state index contributed by atoms with van der Waals surface area (Å²) >= 11 is 0. The SMILES string of the molecule is COc1ccc(C(=O)Oc2ccc(/C=C\c3ccc4ccccc4c3-c3c(/C=C\c4ccc(OC(=O)c5ccc(OC)cc5)cc4OC)ccc4ccccc34)c(OC)c2)cc1. The van der Waals surface area contributed by atoms with Crippen LogP contribution in [-0.2, 0) is 0 Å². The highest BCUT2D eigenvalue weighted by atomic mass is 16.5. The molecule has 0 aliphatic rings. The molecule has 8 rings (SSSR count). The molecule has 0 heterocycles. The summed E-state index contributed by atoms with van der Waals surface area (Å²) in [7, 11) is 6.33. The van der Waals surface area contributed by atoms with E-state index < -0.39 is 11.9 Å². The quantitative estimate of drug-likeness (QED) is 0.0645. The topological polar surface area (TPSA) is 89.5 Å². The first-order chi connectivity index (χ1) is 30.3. The van der Waals surface area contributed by atoms with Crippen molar-refractivity contribution in [2.75, 3.05) is 28.4 Å². The first-order valence-corrected chi connectivity index (χ1v) is 19.8. The Kier molecular flexibility index (Phi) is 12.1. The Labute approximate surface area is 359 Å². The Hall–Kier alpha value is -8.10. The Morgan fingerprint density at radius 1 is 0.371 bits per heavy atom. The lowest BCUT2D eigenvalue weighted by Gasteiger charge is -2.17. The lowest BCUT2D eigenvalue weighted by Crippen LogP contribution is -2.08. The van der Waals surface area contributed by atoms with Crippen molar-refractivity contribution in [2.24, 2.45) is 0 Å². The van der Waals surface area contributed by atoms with Gasteiger partial charge >= 0.3 is 11.9 Å². The highest BCUT2D eigenvalue weighted by Gasteiger charge is 2.17. The largest absolute Gasteiger partial charge is 0.497 e. The maximum Gasteiger partial charge on any atom is 0.343 e. The maximum absolute atomic E-state index is 12.9. The van der Waals surface area contributed by atoms with Crippen LogP contribution < -0.4 is 28.4 Å². The predicted molar refractivity (Wildman–Crippen MR) is 247 cm³/mol. The molecule has 0 saturated carbocycles. The first kappa shape index (κ1) is 40.7. The smallest absolute Gasteiger partial charge is 0.343 e. The third-order valence-electron chi connectivity index (χ3n) is 10.5. The molecule has 8 aromatic carbocycles. The van der Waals surface area contributed by atoms with Crippen molar-refractivity contribution >= 4 is 57.8 Å². The number of esters is 2. The molecule has 0 aromatic heterocycles. The van der Waals surface area contributed by atoms with Gasteiger partial charge in [0.2, 0.25) is 0 Å². The van der Waals surface area contributed by atoms with Crippen molar-refractivity contribution in [2.45, 2.75) is 0 Å². The Morgan fingerprint density at radius 2 is 0.726 bits per heavy atom. The first-order valence-electron chi connectivity index (χ1n) is 19.8. The molecule has 0 spiro atoms. The summed E-state index contributed by atoms with van der Waals surface area (Å²) in [6.45, 7) is 0. The van der Waals surface area contributed by atoms with Gasteiger partial charge < -0.3 is 28.4 Å². The van der Waals surface area contributed by atoms with Crippen LogP contribution in [0.1, 0.15) is 43.0 Å². The fourth-order valence-electron chi connectivity index (χ4n) is 7.34. The molecular formula is C54H42O8. The molecule has 306 valence electrons. The van der Waals surface area contributed by atoms with Crippen molar-refractivity contribution in [3.8, 4) is 45.6 Å². The second kappa shape index (κ2) is 18.4. The van der Waals surface area contributed by atoms with Gasteiger partial charge in [-0.05, 0) is 117 Å². The van der Waals surface area contributed by atoms with E-state index in [-0.39, 0.29) is 0 Å². The summed E-state index contributed by atoms with van der Waals surface area (Å²) in [6, 6.07) is 49.5. The molecule has 0 amide bonds. The Morgan fingerprint density at radius 3 is 1.11 bits per heavy atom. The van der Waals surface area contributed by atoms with Crippen LogP contribution in [0, 0.1) is 0 Å². The van der Waals surface area contributed by atoms with E-state index in [0.29, 0.717) is 45.6 Å². The van der Waals surface area contributed by atoms with Gasteiger partial charge in [-0.3, -0.25) is 0 Å². The Bertz CT molecular complexity index is 2780. The van der Waals surface area contributed by atoms with E-state index in [4.69, 9.17) is 28.4 Å². The minimum absolute atomic E-state index is 0.360. The summed E-state index contributed by atoms with van der Waals surface area (Å²) in [5.74, 6) is 2.15. The number of carbonyl (C=O) groups is 2. The lowest BCUT2D eigenvalue weighted by molar-refractivity contribution is 0.0724. The third kappa shape index (κ3) is 8.76. The van der Waals surface area contributed by atoms with Crippen LogP contribution in [0.2, 0.25) is 0 Å². The van der Waals surface area contributed by atoms with E-state index in [1.165, 1.54) is 0 Å². The minimum atomic E-state index is -0.486. The van der Waals surface area contributed by atoms with E-state index in [1.54, 1.807) is 101 Å². The molecule has 62 heavy (non-hydrogen) atoms. The highest BCUT2D eigenvalue weighted by molar-refractivity contribution is 6.11. The van der Waals surface area contributed by atoms with Crippen molar-refractivity contribution in [1.82, 2.24) is 0 Å². The van der Waals surface area contributed by atoms with Crippen LogP contribution in [0.5, 0.6) is 34.5 Å².